The van der Waals surface area contributed by atoms with E-state index >= 15 is 0 Å². The molecule has 0 fully saturated rings. The van der Waals surface area contributed by atoms with E-state index in [0.717, 1.165) is 5.69 Å². The molecule has 0 radical (unpaired) electrons. The van der Waals surface area contributed by atoms with Gasteiger partial charge in [0.1, 0.15) is 6.67 Å². The SMILES string of the molecule is O=C(Cc1ccn(-c2ccccc2)n1)Nc1cnn(CCF)n1. The number of aryl methyl sites for hydroxylation is 1. The molecule has 0 aliphatic rings. The minimum Gasteiger partial charge on any atom is -0.308 e. The van der Waals surface area contributed by atoms with Gasteiger partial charge in [-0.15, -0.1) is 5.10 Å². The Kier molecular flexibility index (Phi) is 4.41. The first-order valence-electron chi connectivity index (χ1n) is 7.10. The van der Waals surface area contributed by atoms with Gasteiger partial charge in [0.15, 0.2) is 5.82 Å². The second-order valence-corrected chi connectivity index (χ2v) is 4.83. The average Bonchev–Trinajstić information content (AvgIpc) is 3.18. The van der Waals surface area contributed by atoms with Gasteiger partial charge in [0.05, 0.1) is 30.5 Å². The molecule has 0 spiro atoms. The second kappa shape index (κ2) is 6.82. The van der Waals surface area contributed by atoms with Crippen LogP contribution in [0.15, 0.2) is 48.8 Å². The molecule has 2 heterocycles. The van der Waals surface area contributed by atoms with Crippen LogP contribution in [0.4, 0.5) is 10.2 Å². The van der Waals surface area contributed by atoms with E-state index in [0.29, 0.717) is 11.5 Å². The van der Waals surface area contributed by atoms with Gasteiger partial charge < -0.3 is 5.32 Å². The number of para-hydroxylation sites is 1. The first-order valence-corrected chi connectivity index (χ1v) is 7.10. The molecule has 7 nitrogen and oxygen atoms in total. The third kappa shape index (κ3) is 3.79. The first-order chi connectivity index (χ1) is 11.2. The van der Waals surface area contributed by atoms with E-state index in [2.05, 4.69) is 20.6 Å². The predicted molar refractivity (Wildman–Crippen MR) is 81.9 cm³/mol. The fraction of sp³-hybridized carbons (Fsp3) is 0.200. The molecule has 1 amide bonds. The molecular weight excluding hydrogens is 299 g/mol. The van der Waals surface area contributed by atoms with Crippen LogP contribution in [0.25, 0.3) is 5.69 Å². The van der Waals surface area contributed by atoms with Gasteiger partial charge >= 0.3 is 0 Å². The molecular formula is C15H15FN6O. The standard InChI is InChI=1S/C15H15FN6O/c16-7-9-22-17-11-14(20-22)18-15(23)10-12-6-8-21(19-12)13-4-2-1-3-5-13/h1-6,8,11H,7,9-10H2,(H,18,20,23). The molecule has 0 saturated heterocycles. The van der Waals surface area contributed by atoms with E-state index < -0.39 is 6.67 Å². The van der Waals surface area contributed by atoms with Crippen molar-refractivity contribution in [3.8, 4) is 5.69 Å². The lowest BCUT2D eigenvalue weighted by atomic mass is 10.3. The number of nitrogens with one attached hydrogen (secondary N) is 1. The molecule has 3 rings (SSSR count). The Bertz CT molecular complexity index is 782. The van der Waals surface area contributed by atoms with Crippen molar-refractivity contribution in [1.29, 1.82) is 0 Å². The molecule has 0 aliphatic carbocycles. The van der Waals surface area contributed by atoms with Crippen LogP contribution in [0, 0.1) is 0 Å². The zero-order chi connectivity index (χ0) is 16.1. The largest absolute Gasteiger partial charge is 0.308 e. The van der Waals surface area contributed by atoms with Crippen molar-refractivity contribution in [2.75, 3.05) is 12.0 Å². The third-order valence-electron chi connectivity index (χ3n) is 3.10. The summed E-state index contributed by atoms with van der Waals surface area (Å²) in [6.45, 7) is -0.490. The Morgan fingerprint density at radius 2 is 2.00 bits per heavy atom. The summed E-state index contributed by atoms with van der Waals surface area (Å²) in [6, 6.07) is 11.4. The summed E-state index contributed by atoms with van der Waals surface area (Å²) in [5.41, 5.74) is 1.57. The molecule has 2 aromatic heterocycles. The molecule has 0 saturated carbocycles. The Morgan fingerprint density at radius 3 is 2.78 bits per heavy atom. The maximum absolute atomic E-state index is 12.2. The van der Waals surface area contributed by atoms with Crippen molar-refractivity contribution in [2.45, 2.75) is 13.0 Å². The normalized spacial score (nSPS) is 10.7. The number of rotatable bonds is 6. The summed E-state index contributed by atoms with van der Waals surface area (Å²) in [5, 5.41) is 14.8. The van der Waals surface area contributed by atoms with E-state index in [-0.39, 0.29) is 18.9 Å². The molecule has 8 heteroatoms. The smallest absolute Gasteiger partial charge is 0.231 e. The van der Waals surface area contributed by atoms with Crippen LogP contribution in [-0.4, -0.2) is 37.4 Å². The number of aromatic nitrogens is 5. The van der Waals surface area contributed by atoms with Crippen molar-refractivity contribution in [3.05, 3.63) is 54.5 Å². The van der Waals surface area contributed by atoms with Gasteiger partial charge in [-0.1, -0.05) is 18.2 Å². The molecule has 0 atom stereocenters. The number of hydrogen-bond donors (Lipinski definition) is 1. The minimum atomic E-state index is -0.557. The summed E-state index contributed by atoms with van der Waals surface area (Å²) < 4.78 is 13.9. The van der Waals surface area contributed by atoms with E-state index in [4.69, 9.17) is 0 Å². The molecule has 0 aliphatic heterocycles. The van der Waals surface area contributed by atoms with Crippen molar-refractivity contribution in [1.82, 2.24) is 24.8 Å². The molecule has 0 unspecified atom stereocenters. The molecule has 3 aromatic rings. The number of benzene rings is 1. The zero-order valence-corrected chi connectivity index (χ0v) is 12.3. The Hall–Kier alpha value is -3.03. The number of anilines is 1. The van der Waals surface area contributed by atoms with Crippen molar-refractivity contribution < 1.29 is 9.18 Å². The van der Waals surface area contributed by atoms with Crippen LogP contribution in [0.1, 0.15) is 5.69 Å². The van der Waals surface area contributed by atoms with Crippen LogP contribution in [0.3, 0.4) is 0 Å². The minimum absolute atomic E-state index is 0.0668. The van der Waals surface area contributed by atoms with Gasteiger partial charge in [-0.25, -0.2) is 9.07 Å². The van der Waals surface area contributed by atoms with Gasteiger partial charge in [0.2, 0.25) is 5.91 Å². The lowest BCUT2D eigenvalue weighted by molar-refractivity contribution is -0.115. The zero-order valence-electron chi connectivity index (χ0n) is 12.3. The van der Waals surface area contributed by atoms with Crippen LogP contribution in [0.5, 0.6) is 0 Å². The number of halogens is 1. The van der Waals surface area contributed by atoms with Gasteiger partial charge in [-0.2, -0.15) is 15.0 Å². The monoisotopic (exact) mass is 314 g/mol. The predicted octanol–water partition coefficient (Wildman–Crippen LogP) is 1.61. The molecule has 23 heavy (non-hydrogen) atoms. The number of alkyl halides is 1. The van der Waals surface area contributed by atoms with Crippen LogP contribution >= 0.6 is 0 Å². The molecule has 0 bridgehead atoms. The van der Waals surface area contributed by atoms with Gasteiger partial charge in [0.25, 0.3) is 0 Å². The first kappa shape index (κ1) is 14.9. The maximum atomic E-state index is 12.2. The van der Waals surface area contributed by atoms with Crippen LogP contribution < -0.4 is 5.32 Å². The Labute approximate surface area is 131 Å². The van der Waals surface area contributed by atoms with E-state index in [1.54, 1.807) is 16.9 Å². The Morgan fingerprint density at radius 1 is 1.17 bits per heavy atom. The highest BCUT2D eigenvalue weighted by molar-refractivity contribution is 5.90. The molecule has 1 N–H and O–H groups in total. The summed E-state index contributed by atoms with van der Waals surface area (Å²) in [4.78, 5) is 13.2. The lowest BCUT2D eigenvalue weighted by Gasteiger charge is -2.01. The Balaban J connectivity index is 1.60. The highest BCUT2D eigenvalue weighted by atomic mass is 19.1. The third-order valence-corrected chi connectivity index (χ3v) is 3.10. The van der Waals surface area contributed by atoms with Crippen LogP contribution in [0.2, 0.25) is 0 Å². The van der Waals surface area contributed by atoms with Crippen molar-refractivity contribution in [2.24, 2.45) is 0 Å². The molecule has 118 valence electrons. The number of carbonyl (C=O) groups excluding carboxylic acids is 1. The average molecular weight is 314 g/mol. The van der Waals surface area contributed by atoms with Crippen molar-refractivity contribution >= 4 is 11.7 Å². The quantitative estimate of drug-likeness (QED) is 0.750. The number of amides is 1. The van der Waals surface area contributed by atoms with Crippen molar-refractivity contribution in [3.63, 3.8) is 0 Å². The summed E-state index contributed by atoms with van der Waals surface area (Å²) in [6.07, 6.45) is 3.31. The van der Waals surface area contributed by atoms with E-state index in [1.165, 1.54) is 11.0 Å². The highest BCUT2D eigenvalue weighted by Crippen LogP contribution is 2.08. The van der Waals surface area contributed by atoms with Gasteiger partial charge in [-0.05, 0) is 18.2 Å². The summed E-state index contributed by atoms with van der Waals surface area (Å²) in [5.74, 6) is 0.0431. The second-order valence-electron chi connectivity index (χ2n) is 4.83. The van der Waals surface area contributed by atoms with E-state index in [1.807, 2.05) is 30.3 Å². The fourth-order valence-corrected chi connectivity index (χ4v) is 2.07. The lowest BCUT2D eigenvalue weighted by Crippen LogP contribution is -2.15. The highest BCUT2D eigenvalue weighted by Gasteiger charge is 2.09. The van der Waals surface area contributed by atoms with Gasteiger partial charge in [-0.3, -0.25) is 4.79 Å². The number of nitrogens with zero attached hydrogens (tertiary/aromatic N) is 5. The van der Waals surface area contributed by atoms with Crippen LogP contribution in [-0.2, 0) is 17.8 Å². The summed E-state index contributed by atoms with van der Waals surface area (Å²) >= 11 is 0. The number of carbonyl (C=O) groups is 1. The topological polar surface area (TPSA) is 77.6 Å². The maximum Gasteiger partial charge on any atom is 0.231 e. The van der Waals surface area contributed by atoms with Gasteiger partial charge in [0, 0.05) is 6.20 Å². The fourth-order valence-electron chi connectivity index (χ4n) is 2.07. The van der Waals surface area contributed by atoms with E-state index in [9.17, 15) is 9.18 Å². The summed E-state index contributed by atoms with van der Waals surface area (Å²) in [7, 11) is 0. The molecule has 1 aromatic carbocycles. The number of hydrogen-bond acceptors (Lipinski definition) is 4.